The van der Waals surface area contributed by atoms with Crippen LogP contribution in [0.1, 0.15) is 62.3 Å². The van der Waals surface area contributed by atoms with Gasteiger partial charge in [-0.05, 0) is 38.5 Å². The van der Waals surface area contributed by atoms with E-state index in [1.165, 1.54) is 26.4 Å². The van der Waals surface area contributed by atoms with Crippen LogP contribution in [0.5, 0.6) is 0 Å². The van der Waals surface area contributed by atoms with Gasteiger partial charge < -0.3 is 9.84 Å². The van der Waals surface area contributed by atoms with Gasteiger partial charge in [0.25, 0.3) is 0 Å². The number of nitrogens with zero attached hydrogens (tertiary/aromatic N) is 5. The summed E-state index contributed by atoms with van der Waals surface area (Å²) in [4.78, 5) is 8.19. The first kappa shape index (κ1) is 21.4. The SMILES string of the molecule is COC(c1ncc(Cl)cn1)C(C)S(=O)(=O)Nc1nnc([C@H]2C[C@H](CO)C2)n1C1CC1. The quantitative estimate of drug-likeness (QED) is 0.585. The number of ether oxygens (including phenoxy) is 1. The molecule has 2 unspecified atom stereocenters. The Kier molecular flexibility index (Phi) is 5.97. The van der Waals surface area contributed by atoms with Crippen molar-refractivity contribution in [2.45, 2.75) is 55.9 Å². The summed E-state index contributed by atoms with van der Waals surface area (Å²) < 4.78 is 36.1. The molecule has 2 aromatic heterocycles. The molecule has 0 amide bonds. The third kappa shape index (κ3) is 4.16. The first-order chi connectivity index (χ1) is 14.3. The fourth-order valence-corrected chi connectivity index (χ4v) is 5.03. The maximum atomic E-state index is 13.1. The second kappa shape index (κ2) is 8.37. The maximum Gasteiger partial charge on any atom is 0.240 e. The molecular formula is C18H25ClN6O4S. The van der Waals surface area contributed by atoms with E-state index in [1.54, 1.807) is 0 Å². The summed E-state index contributed by atoms with van der Waals surface area (Å²) in [6, 6.07) is 0.203. The molecule has 0 saturated heterocycles. The molecule has 10 nitrogen and oxygen atoms in total. The first-order valence-corrected chi connectivity index (χ1v) is 11.8. The van der Waals surface area contributed by atoms with Gasteiger partial charge in [-0.15, -0.1) is 10.2 Å². The van der Waals surface area contributed by atoms with Crippen LogP contribution in [0, 0.1) is 5.92 Å². The van der Waals surface area contributed by atoms with Gasteiger partial charge in [-0.25, -0.2) is 18.4 Å². The third-order valence-corrected chi connectivity index (χ3v) is 7.68. The highest BCUT2D eigenvalue weighted by molar-refractivity contribution is 7.93. The number of hydrogen-bond donors (Lipinski definition) is 2. The van der Waals surface area contributed by atoms with Crippen LogP contribution in [-0.2, 0) is 14.8 Å². The van der Waals surface area contributed by atoms with E-state index in [2.05, 4.69) is 24.9 Å². The molecule has 2 fully saturated rings. The van der Waals surface area contributed by atoms with Crippen LogP contribution in [0.25, 0.3) is 0 Å². The monoisotopic (exact) mass is 456 g/mol. The van der Waals surface area contributed by atoms with Gasteiger partial charge in [0.1, 0.15) is 17.2 Å². The minimum atomic E-state index is -3.88. The number of hydrogen-bond acceptors (Lipinski definition) is 8. The summed E-state index contributed by atoms with van der Waals surface area (Å²) in [6.07, 6.45) is 5.52. The number of aliphatic hydroxyl groups excluding tert-OH is 1. The highest BCUT2D eigenvalue weighted by atomic mass is 35.5. The van der Waals surface area contributed by atoms with Gasteiger partial charge in [-0.1, -0.05) is 11.6 Å². The average Bonchev–Trinajstić information content (AvgIpc) is 3.44. The number of sulfonamides is 1. The summed E-state index contributed by atoms with van der Waals surface area (Å²) in [5.41, 5.74) is 0. The van der Waals surface area contributed by atoms with E-state index >= 15 is 0 Å². The van der Waals surface area contributed by atoms with Crippen LogP contribution >= 0.6 is 11.6 Å². The van der Waals surface area contributed by atoms with Crippen LogP contribution in [0.3, 0.4) is 0 Å². The van der Waals surface area contributed by atoms with Crippen LogP contribution in [0.4, 0.5) is 5.95 Å². The minimum Gasteiger partial charge on any atom is -0.396 e. The Labute approximate surface area is 180 Å². The van der Waals surface area contributed by atoms with E-state index in [1.807, 2.05) is 4.57 Å². The van der Waals surface area contributed by atoms with Crippen molar-refractivity contribution in [2.24, 2.45) is 5.92 Å². The van der Waals surface area contributed by atoms with Crippen LogP contribution < -0.4 is 4.72 Å². The summed E-state index contributed by atoms with van der Waals surface area (Å²) in [5.74, 6) is 1.71. The zero-order valence-electron chi connectivity index (χ0n) is 16.8. The Morgan fingerprint density at radius 1 is 1.30 bits per heavy atom. The molecule has 12 heteroatoms. The van der Waals surface area contributed by atoms with E-state index in [4.69, 9.17) is 16.3 Å². The Hall–Kier alpha value is -1.82. The summed E-state index contributed by atoms with van der Waals surface area (Å²) in [6.45, 7) is 1.70. The van der Waals surface area contributed by atoms with Crippen molar-refractivity contribution in [3.05, 3.63) is 29.1 Å². The Morgan fingerprint density at radius 2 is 1.97 bits per heavy atom. The van der Waals surface area contributed by atoms with Crippen molar-refractivity contribution in [3.63, 3.8) is 0 Å². The van der Waals surface area contributed by atoms with E-state index in [9.17, 15) is 13.5 Å². The molecule has 2 aliphatic rings. The second-order valence-corrected chi connectivity index (χ2v) is 10.4. The van der Waals surface area contributed by atoms with Crippen molar-refractivity contribution < 1.29 is 18.3 Å². The highest BCUT2D eigenvalue weighted by Crippen LogP contribution is 2.46. The lowest BCUT2D eigenvalue weighted by atomic mass is 9.75. The van der Waals surface area contributed by atoms with Gasteiger partial charge in [0.2, 0.25) is 16.0 Å². The molecule has 0 radical (unpaired) electrons. The van der Waals surface area contributed by atoms with Crippen molar-refractivity contribution in [1.29, 1.82) is 0 Å². The number of rotatable bonds is 9. The normalized spacial score (nSPS) is 23.6. The predicted molar refractivity (Wildman–Crippen MR) is 110 cm³/mol. The lowest BCUT2D eigenvalue weighted by Gasteiger charge is -2.33. The van der Waals surface area contributed by atoms with Gasteiger partial charge >= 0.3 is 0 Å². The van der Waals surface area contributed by atoms with Crippen molar-refractivity contribution in [2.75, 3.05) is 18.4 Å². The molecule has 2 heterocycles. The third-order valence-electron chi connectivity index (χ3n) is 5.79. The van der Waals surface area contributed by atoms with Gasteiger partial charge in [0.15, 0.2) is 5.82 Å². The zero-order valence-corrected chi connectivity index (χ0v) is 18.3. The summed E-state index contributed by atoms with van der Waals surface area (Å²) >= 11 is 5.82. The van der Waals surface area contributed by atoms with E-state index in [0.29, 0.717) is 5.02 Å². The number of halogens is 1. The molecule has 2 saturated carbocycles. The molecule has 2 aromatic rings. The first-order valence-electron chi connectivity index (χ1n) is 9.91. The standard InChI is InChI=1S/C18H25ClN6O4S/c1-10(15(29-2)16-20-7-13(19)8-21-16)30(27,28)24-18-23-22-17(25(18)14-3-4-14)12-5-11(6-12)9-26/h7-8,10-12,14-15,26H,3-6,9H2,1-2H3,(H,23,24)/t10?,11-,12-,15?. The fraction of sp³-hybridized carbons (Fsp3) is 0.667. The topological polar surface area (TPSA) is 132 Å². The molecule has 2 atom stereocenters. The van der Waals surface area contributed by atoms with E-state index in [-0.39, 0.29) is 36.3 Å². The highest BCUT2D eigenvalue weighted by Gasteiger charge is 2.40. The number of anilines is 1. The van der Waals surface area contributed by atoms with Crippen molar-refractivity contribution in [1.82, 2.24) is 24.7 Å². The number of aliphatic hydroxyl groups is 1. The Balaban J connectivity index is 1.55. The number of nitrogens with one attached hydrogen (secondary N) is 1. The number of aromatic nitrogens is 5. The molecule has 30 heavy (non-hydrogen) atoms. The minimum absolute atomic E-state index is 0.163. The molecule has 2 aliphatic carbocycles. The Morgan fingerprint density at radius 3 is 2.53 bits per heavy atom. The fourth-order valence-electron chi connectivity index (χ4n) is 3.80. The molecule has 0 spiro atoms. The largest absolute Gasteiger partial charge is 0.396 e. The van der Waals surface area contributed by atoms with Gasteiger partial charge in [0.05, 0.1) is 5.02 Å². The smallest absolute Gasteiger partial charge is 0.240 e. The molecule has 0 bridgehead atoms. The second-order valence-electron chi connectivity index (χ2n) is 7.97. The van der Waals surface area contributed by atoms with Crippen molar-refractivity contribution in [3.8, 4) is 0 Å². The zero-order chi connectivity index (χ0) is 21.5. The van der Waals surface area contributed by atoms with Crippen LogP contribution in [0.2, 0.25) is 5.02 Å². The molecule has 164 valence electrons. The van der Waals surface area contributed by atoms with Gasteiger partial charge in [0, 0.05) is 38.1 Å². The number of methoxy groups -OCH3 is 1. The van der Waals surface area contributed by atoms with E-state index in [0.717, 1.165) is 31.5 Å². The predicted octanol–water partition coefficient (Wildman–Crippen LogP) is 2.06. The van der Waals surface area contributed by atoms with Crippen LogP contribution in [0.15, 0.2) is 12.4 Å². The molecule has 4 rings (SSSR count). The summed E-state index contributed by atoms with van der Waals surface area (Å²) in [5, 5.41) is 17.1. The molecule has 2 N–H and O–H groups in total. The lowest BCUT2D eigenvalue weighted by molar-refractivity contribution is 0.0950. The molecular weight excluding hydrogens is 432 g/mol. The summed E-state index contributed by atoms with van der Waals surface area (Å²) in [7, 11) is -2.47. The Bertz CT molecular complexity index is 989. The van der Waals surface area contributed by atoms with E-state index < -0.39 is 21.4 Å². The van der Waals surface area contributed by atoms with Crippen LogP contribution in [-0.4, -0.2) is 57.2 Å². The molecule has 0 aliphatic heterocycles. The maximum absolute atomic E-state index is 13.1. The van der Waals surface area contributed by atoms with Crippen molar-refractivity contribution >= 4 is 27.6 Å². The lowest BCUT2D eigenvalue weighted by Crippen LogP contribution is -2.33. The molecule has 0 aromatic carbocycles. The van der Waals surface area contributed by atoms with Gasteiger partial charge in [-0.3, -0.25) is 9.29 Å². The van der Waals surface area contributed by atoms with Gasteiger partial charge in [-0.2, -0.15) is 0 Å². The average molecular weight is 457 g/mol.